The molecule has 2 aromatic carbocycles. The third kappa shape index (κ3) is 5.62. The van der Waals surface area contributed by atoms with E-state index in [1.54, 1.807) is 12.0 Å². The van der Waals surface area contributed by atoms with Crippen LogP contribution in [0.4, 0.5) is 5.69 Å². The molecule has 26 heavy (non-hydrogen) atoms. The number of methoxy groups -OCH3 is 1. The fraction of sp³-hybridized carbons (Fsp3) is 0.333. The van der Waals surface area contributed by atoms with E-state index in [1.165, 1.54) is 0 Å². The van der Waals surface area contributed by atoms with Gasteiger partial charge in [-0.3, -0.25) is 9.59 Å². The highest BCUT2D eigenvalue weighted by atomic mass is 16.5. The lowest BCUT2D eigenvalue weighted by atomic mass is 10.1. The van der Waals surface area contributed by atoms with E-state index in [0.29, 0.717) is 6.54 Å². The molecule has 0 spiro atoms. The third-order valence-electron chi connectivity index (χ3n) is 4.11. The van der Waals surface area contributed by atoms with Crippen molar-refractivity contribution in [2.75, 3.05) is 25.5 Å². The second kappa shape index (κ2) is 9.61. The number of rotatable bonds is 8. The van der Waals surface area contributed by atoms with Gasteiger partial charge in [0.15, 0.2) is 0 Å². The number of carbonyl (C=O) groups is 2. The monoisotopic (exact) mass is 354 g/mol. The number of amides is 2. The van der Waals surface area contributed by atoms with E-state index >= 15 is 0 Å². The lowest BCUT2D eigenvalue weighted by Gasteiger charge is -2.22. The van der Waals surface area contributed by atoms with Gasteiger partial charge >= 0.3 is 0 Å². The Labute approximate surface area is 155 Å². The molecule has 2 amide bonds. The molecule has 0 aliphatic heterocycles. The van der Waals surface area contributed by atoms with Gasteiger partial charge in [-0.05, 0) is 42.7 Å². The molecule has 0 aromatic heterocycles. The van der Waals surface area contributed by atoms with Crippen molar-refractivity contribution in [3.05, 3.63) is 59.7 Å². The van der Waals surface area contributed by atoms with E-state index in [2.05, 4.69) is 5.32 Å². The van der Waals surface area contributed by atoms with Gasteiger partial charge in [0.2, 0.25) is 11.8 Å². The molecule has 0 unspecified atom stereocenters. The summed E-state index contributed by atoms with van der Waals surface area (Å²) in [6, 6.07) is 15.0. The van der Waals surface area contributed by atoms with Crippen molar-refractivity contribution in [2.45, 2.75) is 26.7 Å². The molecule has 0 radical (unpaired) electrons. The number of aryl methyl sites for hydroxylation is 1. The SMILES string of the molecule is CCCN(CC(=O)Nc1ccccc1C)C(=O)Cc1ccc(OC)cc1. The third-order valence-corrected chi connectivity index (χ3v) is 4.11. The van der Waals surface area contributed by atoms with E-state index in [4.69, 9.17) is 4.74 Å². The number of carbonyl (C=O) groups excluding carboxylic acids is 2. The van der Waals surface area contributed by atoms with Gasteiger partial charge in [-0.1, -0.05) is 37.3 Å². The highest BCUT2D eigenvalue weighted by Crippen LogP contribution is 2.14. The van der Waals surface area contributed by atoms with Gasteiger partial charge in [0.05, 0.1) is 20.1 Å². The van der Waals surface area contributed by atoms with Crippen molar-refractivity contribution in [1.29, 1.82) is 0 Å². The average molecular weight is 354 g/mol. The van der Waals surface area contributed by atoms with Crippen LogP contribution in [0.15, 0.2) is 48.5 Å². The first-order valence-electron chi connectivity index (χ1n) is 8.79. The molecule has 0 aliphatic rings. The van der Waals surface area contributed by atoms with Gasteiger partial charge in [0, 0.05) is 12.2 Å². The zero-order chi connectivity index (χ0) is 18.9. The van der Waals surface area contributed by atoms with Gasteiger partial charge in [0.25, 0.3) is 0 Å². The highest BCUT2D eigenvalue weighted by Gasteiger charge is 2.17. The molecular weight excluding hydrogens is 328 g/mol. The maximum Gasteiger partial charge on any atom is 0.244 e. The molecule has 2 rings (SSSR count). The lowest BCUT2D eigenvalue weighted by Crippen LogP contribution is -2.39. The normalized spacial score (nSPS) is 10.3. The quantitative estimate of drug-likeness (QED) is 0.790. The fourth-order valence-corrected chi connectivity index (χ4v) is 2.67. The summed E-state index contributed by atoms with van der Waals surface area (Å²) < 4.78 is 5.13. The molecule has 2 aromatic rings. The molecule has 0 heterocycles. The van der Waals surface area contributed by atoms with E-state index in [0.717, 1.165) is 29.0 Å². The van der Waals surface area contributed by atoms with E-state index < -0.39 is 0 Å². The largest absolute Gasteiger partial charge is 0.497 e. The first-order valence-corrected chi connectivity index (χ1v) is 8.79. The number of nitrogens with one attached hydrogen (secondary N) is 1. The van der Waals surface area contributed by atoms with Crippen molar-refractivity contribution in [2.24, 2.45) is 0 Å². The summed E-state index contributed by atoms with van der Waals surface area (Å²) in [7, 11) is 1.61. The number of ether oxygens (including phenoxy) is 1. The Balaban J connectivity index is 1.98. The second-order valence-corrected chi connectivity index (χ2v) is 6.20. The number of anilines is 1. The van der Waals surface area contributed by atoms with Crippen LogP contribution in [-0.2, 0) is 16.0 Å². The Morgan fingerprint density at radius 2 is 1.77 bits per heavy atom. The van der Waals surface area contributed by atoms with Crippen LogP contribution < -0.4 is 10.1 Å². The molecule has 138 valence electrons. The summed E-state index contributed by atoms with van der Waals surface area (Å²) in [6.45, 7) is 4.54. The summed E-state index contributed by atoms with van der Waals surface area (Å²) in [5.74, 6) is 0.511. The minimum Gasteiger partial charge on any atom is -0.497 e. The standard InChI is InChI=1S/C21H26N2O3/c1-4-13-23(15-20(24)22-19-8-6-5-7-16(19)2)21(25)14-17-9-11-18(26-3)12-10-17/h5-12H,4,13-15H2,1-3H3,(H,22,24). The first kappa shape index (κ1) is 19.5. The molecule has 5 heteroatoms. The first-order chi connectivity index (χ1) is 12.5. The molecule has 0 aliphatic carbocycles. The van der Waals surface area contributed by atoms with Gasteiger partial charge in [-0.15, -0.1) is 0 Å². The summed E-state index contributed by atoms with van der Waals surface area (Å²) in [6.07, 6.45) is 1.06. The number of para-hydroxylation sites is 1. The van der Waals surface area contributed by atoms with Crippen LogP contribution >= 0.6 is 0 Å². The maximum absolute atomic E-state index is 12.6. The Bertz CT molecular complexity index is 741. The van der Waals surface area contributed by atoms with E-state index in [1.807, 2.05) is 62.4 Å². The van der Waals surface area contributed by atoms with Crippen LogP contribution in [0.5, 0.6) is 5.75 Å². The smallest absolute Gasteiger partial charge is 0.244 e. The molecule has 0 saturated carbocycles. The second-order valence-electron chi connectivity index (χ2n) is 6.20. The minimum atomic E-state index is -0.184. The molecule has 0 fully saturated rings. The number of hydrogen-bond donors (Lipinski definition) is 1. The van der Waals surface area contributed by atoms with Gasteiger partial charge < -0.3 is 15.0 Å². The van der Waals surface area contributed by atoms with Crippen LogP contribution in [0.25, 0.3) is 0 Å². The predicted molar refractivity (Wildman–Crippen MR) is 103 cm³/mol. The Morgan fingerprint density at radius 1 is 1.08 bits per heavy atom. The minimum absolute atomic E-state index is 0.0527. The molecule has 1 N–H and O–H groups in total. The van der Waals surface area contributed by atoms with Crippen LogP contribution in [0, 0.1) is 6.92 Å². The van der Waals surface area contributed by atoms with Crippen molar-refractivity contribution in [1.82, 2.24) is 4.90 Å². The average Bonchev–Trinajstić information content (AvgIpc) is 2.64. The molecule has 5 nitrogen and oxygen atoms in total. The summed E-state index contributed by atoms with van der Waals surface area (Å²) >= 11 is 0. The van der Waals surface area contributed by atoms with Crippen LogP contribution in [0.3, 0.4) is 0 Å². The van der Waals surface area contributed by atoms with E-state index in [9.17, 15) is 9.59 Å². The van der Waals surface area contributed by atoms with Crippen LogP contribution in [0.1, 0.15) is 24.5 Å². The van der Waals surface area contributed by atoms with Crippen LogP contribution in [-0.4, -0.2) is 36.9 Å². The summed E-state index contributed by atoms with van der Waals surface area (Å²) in [5.41, 5.74) is 2.67. The maximum atomic E-state index is 12.6. The number of benzene rings is 2. The summed E-state index contributed by atoms with van der Waals surface area (Å²) in [5, 5.41) is 2.88. The highest BCUT2D eigenvalue weighted by molar-refractivity contribution is 5.95. The Kier molecular flexibility index (Phi) is 7.21. The summed E-state index contributed by atoms with van der Waals surface area (Å²) in [4.78, 5) is 26.6. The zero-order valence-electron chi connectivity index (χ0n) is 15.6. The predicted octanol–water partition coefficient (Wildman–Crippen LogP) is 3.42. The molecule has 0 saturated heterocycles. The Hall–Kier alpha value is -2.82. The van der Waals surface area contributed by atoms with Gasteiger partial charge in [0.1, 0.15) is 5.75 Å². The van der Waals surface area contributed by atoms with Gasteiger partial charge in [-0.25, -0.2) is 0 Å². The number of hydrogen-bond acceptors (Lipinski definition) is 3. The van der Waals surface area contributed by atoms with E-state index in [-0.39, 0.29) is 24.8 Å². The van der Waals surface area contributed by atoms with Crippen molar-refractivity contribution in [3.8, 4) is 5.75 Å². The molecule has 0 atom stereocenters. The molecule has 0 bridgehead atoms. The van der Waals surface area contributed by atoms with Crippen molar-refractivity contribution < 1.29 is 14.3 Å². The fourth-order valence-electron chi connectivity index (χ4n) is 2.67. The van der Waals surface area contributed by atoms with Crippen LogP contribution in [0.2, 0.25) is 0 Å². The van der Waals surface area contributed by atoms with Gasteiger partial charge in [-0.2, -0.15) is 0 Å². The topological polar surface area (TPSA) is 58.6 Å². The van der Waals surface area contributed by atoms with Crippen molar-refractivity contribution >= 4 is 17.5 Å². The number of nitrogens with zero attached hydrogens (tertiary/aromatic N) is 1. The van der Waals surface area contributed by atoms with Crippen molar-refractivity contribution in [3.63, 3.8) is 0 Å². The molecular formula is C21H26N2O3. The Morgan fingerprint density at radius 3 is 2.38 bits per heavy atom. The lowest BCUT2D eigenvalue weighted by molar-refractivity contribution is -0.134. The zero-order valence-corrected chi connectivity index (χ0v) is 15.6.